The van der Waals surface area contributed by atoms with E-state index in [2.05, 4.69) is 21.2 Å². The van der Waals surface area contributed by atoms with E-state index >= 15 is 0 Å². The summed E-state index contributed by atoms with van der Waals surface area (Å²) in [6.07, 6.45) is 0. The molecule has 0 bridgehead atoms. The summed E-state index contributed by atoms with van der Waals surface area (Å²) in [5.74, 6) is 0.302. The summed E-state index contributed by atoms with van der Waals surface area (Å²) in [5.41, 5.74) is 1.54. The van der Waals surface area contributed by atoms with E-state index in [1.54, 1.807) is 67.8 Å². The number of carbonyl (C=O) groups is 2. The lowest BCUT2D eigenvalue weighted by molar-refractivity contribution is 0.101. The first-order chi connectivity index (χ1) is 15.0. The molecule has 3 aromatic carbocycles. The maximum atomic E-state index is 13.3. The molecule has 1 aromatic heterocycles. The number of benzene rings is 3. The van der Waals surface area contributed by atoms with Gasteiger partial charge in [-0.15, -0.1) is 0 Å². The molecular formula is C24H18BrNO5. The number of ketones is 1. The number of hydrogen-bond donors (Lipinski definition) is 1. The third-order valence-corrected chi connectivity index (χ3v) is 5.43. The Bertz CT molecular complexity index is 1290. The summed E-state index contributed by atoms with van der Waals surface area (Å²) >= 11 is 3.40. The molecule has 0 saturated carbocycles. The highest BCUT2D eigenvalue weighted by atomic mass is 79.9. The van der Waals surface area contributed by atoms with Crippen LogP contribution >= 0.6 is 15.9 Å². The Balaban J connectivity index is 1.78. The van der Waals surface area contributed by atoms with Crippen molar-refractivity contribution in [3.8, 4) is 11.5 Å². The molecule has 31 heavy (non-hydrogen) atoms. The van der Waals surface area contributed by atoms with Gasteiger partial charge < -0.3 is 19.2 Å². The molecule has 0 saturated heterocycles. The van der Waals surface area contributed by atoms with E-state index in [1.807, 2.05) is 6.07 Å². The fourth-order valence-electron chi connectivity index (χ4n) is 3.28. The molecule has 0 aliphatic carbocycles. The van der Waals surface area contributed by atoms with Gasteiger partial charge in [-0.2, -0.15) is 0 Å². The number of carbonyl (C=O) groups excluding carboxylic acids is 2. The molecule has 0 atom stereocenters. The van der Waals surface area contributed by atoms with Gasteiger partial charge in [0.15, 0.2) is 5.76 Å². The Kier molecular flexibility index (Phi) is 5.77. The highest BCUT2D eigenvalue weighted by molar-refractivity contribution is 9.10. The van der Waals surface area contributed by atoms with Crippen LogP contribution in [0.4, 0.5) is 5.69 Å². The van der Waals surface area contributed by atoms with Crippen molar-refractivity contribution < 1.29 is 23.5 Å². The number of para-hydroxylation sites is 2. The zero-order chi connectivity index (χ0) is 22.0. The summed E-state index contributed by atoms with van der Waals surface area (Å²) in [7, 11) is 3.04. The second kappa shape index (κ2) is 8.65. The smallest absolute Gasteiger partial charge is 0.259 e. The number of amides is 1. The molecule has 0 spiro atoms. The minimum Gasteiger partial charge on any atom is -0.496 e. The zero-order valence-corrected chi connectivity index (χ0v) is 18.4. The second-order valence-electron chi connectivity index (χ2n) is 6.64. The fraction of sp³-hybridized carbons (Fsp3) is 0.0833. The van der Waals surface area contributed by atoms with Crippen molar-refractivity contribution in [2.45, 2.75) is 0 Å². The highest BCUT2D eigenvalue weighted by Crippen LogP contribution is 2.34. The number of nitrogens with one attached hydrogen (secondary N) is 1. The Morgan fingerprint density at radius 1 is 0.903 bits per heavy atom. The maximum absolute atomic E-state index is 13.3. The third-order valence-electron chi connectivity index (χ3n) is 4.81. The molecule has 0 aliphatic rings. The van der Waals surface area contributed by atoms with Crippen molar-refractivity contribution >= 4 is 44.3 Å². The van der Waals surface area contributed by atoms with Crippen molar-refractivity contribution in [3.05, 3.63) is 88.1 Å². The summed E-state index contributed by atoms with van der Waals surface area (Å²) in [6, 6.07) is 19.0. The van der Waals surface area contributed by atoms with Crippen LogP contribution in [0.2, 0.25) is 0 Å². The highest BCUT2D eigenvalue weighted by Gasteiger charge is 2.25. The Labute approximate surface area is 186 Å². The summed E-state index contributed by atoms with van der Waals surface area (Å²) in [6.45, 7) is 0. The number of rotatable bonds is 6. The Hall–Kier alpha value is -3.58. The molecule has 1 heterocycles. The topological polar surface area (TPSA) is 77.8 Å². The van der Waals surface area contributed by atoms with E-state index in [1.165, 1.54) is 7.11 Å². The van der Waals surface area contributed by atoms with Gasteiger partial charge in [0.05, 0.1) is 29.9 Å². The molecule has 1 N–H and O–H groups in total. The van der Waals surface area contributed by atoms with Crippen LogP contribution in [-0.4, -0.2) is 25.9 Å². The molecule has 6 nitrogen and oxygen atoms in total. The first kappa shape index (κ1) is 20.7. The lowest BCUT2D eigenvalue weighted by Crippen LogP contribution is -2.15. The van der Waals surface area contributed by atoms with E-state index in [4.69, 9.17) is 13.9 Å². The lowest BCUT2D eigenvalue weighted by Gasteiger charge is -2.10. The average molecular weight is 480 g/mol. The van der Waals surface area contributed by atoms with Crippen LogP contribution in [0.1, 0.15) is 26.5 Å². The van der Waals surface area contributed by atoms with Gasteiger partial charge >= 0.3 is 0 Å². The number of fused-ring (bicyclic) bond motifs is 1. The largest absolute Gasteiger partial charge is 0.496 e. The summed E-state index contributed by atoms with van der Waals surface area (Å²) < 4.78 is 17.0. The maximum Gasteiger partial charge on any atom is 0.259 e. The molecule has 0 aliphatic heterocycles. The number of hydrogen-bond acceptors (Lipinski definition) is 5. The first-order valence-corrected chi connectivity index (χ1v) is 10.2. The normalized spacial score (nSPS) is 10.7. The van der Waals surface area contributed by atoms with Crippen molar-refractivity contribution in [1.29, 1.82) is 0 Å². The van der Waals surface area contributed by atoms with Crippen molar-refractivity contribution in [2.24, 2.45) is 0 Å². The second-order valence-corrected chi connectivity index (χ2v) is 7.49. The van der Waals surface area contributed by atoms with Gasteiger partial charge in [0, 0.05) is 10.9 Å². The van der Waals surface area contributed by atoms with Crippen LogP contribution in [0, 0.1) is 0 Å². The minimum absolute atomic E-state index is 0.0431. The average Bonchev–Trinajstić information content (AvgIpc) is 3.16. The SMILES string of the molecule is COc1ccc(C(=O)c2oc3ccccc3c2NC(=O)c2ccccc2OC)cc1Br. The molecule has 7 heteroatoms. The van der Waals surface area contributed by atoms with Crippen LogP contribution in [0.5, 0.6) is 11.5 Å². The van der Waals surface area contributed by atoms with Crippen molar-refractivity contribution in [1.82, 2.24) is 0 Å². The van der Waals surface area contributed by atoms with Gasteiger partial charge in [-0.1, -0.05) is 24.3 Å². The predicted octanol–water partition coefficient (Wildman–Crippen LogP) is 5.70. The molecule has 1 amide bonds. The van der Waals surface area contributed by atoms with Crippen LogP contribution in [0.15, 0.2) is 75.6 Å². The summed E-state index contributed by atoms with van der Waals surface area (Å²) in [4.78, 5) is 26.3. The fourth-order valence-corrected chi connectivity index (χ4v) is 3.82. The first-order valence-electron chi connectivity index (χ1n) is 9.37. The van der Waals surface area contributed by atoms with E-state index in [-0.39, 0.29) is 11.5 Å². The monoisotopic (exact) mass is 479 g/mol. The molecule has 0 radical (unpaired) electrons. The number of halogens is 1. The van der Waals surface area contributed by atoms with Crippen LogP contribution in [0.3, 0.4) is 0 Å². The van der Waals surface area contributed by atoms with Gasteiger partial charge in [0.25, 0.3) is 5.91 Å². The molecule has 4 rings (SSSR count). The number of ether oxygens (including phenoxy) is 2. The Morgan fingerprint density at radius 3 is 2.35 bits per heavy atom. The molecule has 4 aromatic rings. The van der Waals surface area contributed by atoms with Crippen molar-refractivity contribution in [2.75, 3.05) is 19.5 Å². The molecule has 156 valence electrons. The molecule has 0 fully saturated rings. The predicted molar refractivity (Wildman–Crippen MR) is 121 cm³/mol. The third kappa shape index (κ3) is 3.92. The number of furan rings is 1. The molecular weight excluding hydrogens is 462 g/mol. The zero-order valence-electron chi connectivity index (χ0n) is 16.8. The van der Waals surface area contributed by atoms with E-state index in [0.717, 1.165) is 0 Å². The van der Waals surface area contributed by atoms with Gasteiger partial charge in [0.1, 0.15) is 17.1 Å². The summed E-state index contributed by atoms with van der Waals surface area (Å²) in [5, 5.41) is 3.47. The molecule has 0 unspecified atom stereocenters. The standard InChI is InChI=1S/C24H18BrNO5/c1-29-18-9-5-4-8-16(18)24(28)26-21-15-7-3-6-10-19(15)31-23(21)22(27)14-11-12-20(30-2)17(25)13-14/h3-13H,1-2H3,(H,26,28). The van der Waals surface area contributed by atoms with Crippen LogP contribution < -0.4 is 14.8 Å². The Morgan fingerprint density at radius 2 is 1.61 bits per heavy atom. The number of methoxy groups -OCH3 is 2. The van der Waals surface area contributed by atoms with Crippen LogP contribution in [0.25, 0.3) is 11.0 Å². The lowest BCUT2D eigenvalue weighted by atomic mass is 10.1. The number of anilines is 1. The van der Waals surface area contributed by atoms with Gasteiger partial charge in [0.2, 0.25) is 5.78 Å². The van der Waals surface area contributed by atoms with E-state index < -0.39 is 5.91 Å². The minimum atomic E-state index is -0.408. The quantitative estimate of drug-likeness (QED) is 0.359. The van der Waals surface area contributed by atoms with E-state index in [0.29, 0.717) is 43.8 Å². The van der Waals surface area contributed by atoms with Crippen molar-refractivity contribution in [3.63, 3.8) is 0 Å². The van der Waals surface area contributed by atoms with E-state index in [9.17, 15) is 9.59 Å². The van der Waals surface area contributed by atoms with Gasteiger partial charge in [-0.25, -0.2) is 0 Å². The van der Waals surface area contributed by atoms with Crippen LogP contribution in [-0.2, 0) is 0 Å². The van der Waals surface area contributed by atoms with Gasteiger partial charge in [-0.05, 0) is 58.4 Å². The van der Waals surface area contributed by atoms with Gasteiger partial charge in [-0.3, -0.25) is 9.59 Å².